The van der Waals surface area contributed by atoms with Gasteiger partial charge in [-0.2, -0.15) is 0 Å². The van der Waals surface area contributed by atoms with Crippen LogP contribution in [0.15, 0.2) is 41.9 Å². The van der Waals surface area contributed by atoms with Crippen LogP contribution in [0.2, 0.25) is 0 Å². The molecule has 0 aliphatic heterocycles. The van der Waals surface area contributed by atoms with Crippen molar-refractivity contribution in [3.8, 4) is 0 Å². The third kappa shape index (κ3) is 4.58. The molecule has 0 aliphatic rings. The van der Waals surface area contributed by atoms with E-state index in [1.807, 2.05) is 17.6 Å². The zero-order valence-corrected chi connectivity index (χ0v) is 11.0. The van der Waals surface area contributed by atoms with E-state index in [-0.39, 0.29) is 0 Å². The van der Waals surface area contributed by atoms with Gasteiger partial charge in [0, 0.05) is 11.6 Å². The number of aryl methyl sites for hydroxylation is 1. The number of hydrogen-bond donors (Lipinski definition) is 0. The Bertz CT molecular complexity index is 365. The van der Waals surface area contributed by atoms with Gasteiger partial charge in [-0.05, 0) is 17.9 Å². The number of benzene rings is 1. The highest BCUT2D eigenvalue weighted by atomic mass is 32.1. The summed E-state index contributed by atoms with van der Waals surface area (Å²) in [7, 11) is 0. The van der Waals surface area contributed by atoms with Gasteiger partial charge in [-0.15, -0.1) is 11.3 Å². The van der Waals surface area contributed by atoms with Crippen molar-refractivity contribution in [2.75, 3.05) is 0 Å². The molecule has 0 aliphatic carbocycles. The van der Waals surface area contributed by atoms with Crippen molar-refractivity contribution in [3.63, 3.8) is 0 Å². The number of thiazole rings is 1. The Balaban J connectivity index is 0.000000165. The lowest BCUT2D eigenvalue weighted by Gasteiger charge is -2.01. The molecule has 0 amide bonds. The molecule has 0 spiro atoms. The van der Waals surface area contributed by atoms with Gasteiger partial charge in [0.2, 0.25) is 0 Å². The van der Waals surface area contributed by atoms with Crippen molar-refractivity contribution >= 4 is 11.3 Å². The van der Waals surface area contributed by atoms with Gasteiger partial charge in [-0.3, -0.25) is 0 Å². The monoisotopic (exact) mass is 233 g/mol. The van der Waals surface area contributed by atoms with Crippen molar-refractivity contribution in [2.45, 2.75) is 33.1 Å². The van der Waals surface area contributed by atoms with Gasteiger partial charge in [-0.25, -0.2) is 4.98 Å². The fraction of sp³-hybridized carbons (Fsp3) is 0.357. The lowest BCUT2D eigenvalue weighted by molar-refractivity contribution is 0.867. The first kappa shape index (κ1) is 12.9. The first-order valence-electron chi connectivity index (χ1n) is 5.67. The lowest BCUT2D eigenvalue weighted by atomic mass is 10.0. The van der Waals surface area contributed by atoms with Crippen LogP contribution in [-0.4, -0.2) is 4.98 Å². The van der Waals surface area contributed by atoms with Crippen LogP contribution in [-0.2, 0) is 6.42 Å². The Labute approximate surface area is 102 Å². The van der Waals surface area contributed by atoms with Gasteiger partial charge >= 0.3 is 0 Å². The van der Waals surface area contributed by atoms with Gasteiger partial charge in [-0.1, -0.05) is 51.1 Å². The van der Waals surface area contributed by atoms with Crippen LogP contribution in [0.3, 0.4) is 0 Å². The molecule has 1 aromatic carbocycles. The van der Waals surface area contributed by atoms with Crippen LogP contribution in [0, 0.1) is 0 Å². The molecule has 1 nitrogen and oxygen atoms in total. The number of hydrogen-bond acceptors (Lipinski definition) is 2. The summed E-state index contributed by atoms with van der Waals surface area (Å²) in [5.74, 6) is 0.659. The summed E-state index contributed by atoms with van der Waals surface area (Å²) in [5.41, 5.74) is 1.41. The summed E-state index contributed by atoms with van der Waals surface area (Å²) < 4.78 is 0. The Morgan fingerprint density at radius 3 is 2.19 bits per heavy atom. The maximum absolute atomic E-state index is 4.05. The summed E-state index contributed by atoms with van der Waals surface area (Å²) in [4.78, 5) is 4.05. The minimum atomic E-state index is 0.659. The van der Waals surface area contributed by atoms with E-state index >= 15 is 0 Å². The highest BCUT2D eigenvalue weighted by molar-refractivity contribution is 7.09. The molecular weight excluding hydrogens is 214 g/mol. The van der Waals surface area contributed by atoms with Crippen LogP contribution in [0.1, 0.15) is 37.3 Å². The molecule has 0 saturated carbocycles. The highest BCUT2D eigenvalue weighted by Crippen LogP contribution is 2.11. The quantitative estimate of drug-likeness (QED) is 0.743. The largest absolute Gasteiger partial charge is 0.250 e. The second kappa shape index (κ2) is 7.18. The fourth-order valence-electron chi connectivity index (χ4n) is 1.27. The second-order valence-electron chi connectivity index (χ2n) is 3.84. The Morgan fingerprint density at radius 1 is 1.19 bits per heavy atom. The molecule has 1 heterocycles. The summed E-state index contributed by atoms with van der Waals surface area (Å²) in [6.45, 7) is 6.52. The molecule has 0 atom stereocenters. The zero-order chi connectivity index (χ0) is 11.8. The summed E-state index contributed by atoms with van der Waals surface area (Å²) in [5, 5.41) is 3.22. The maximum atomic E-state index is 4.05. The first-order valence-corrected chi connectivity index (χ1v) is 6.55. The number of aromatic nitrogens is 1. The average molecular weight is 233 g/mol. The topological polar surface area (TPSA) is 12.9 Å². The standard InChI is InChI=1S/C9H12.C5H7NS/c1-8(2)9-6-4-3-5-7-9;1-2-5-6-3-4-7-5/h3-8H,1-2H3;3-4H,2H2,1H3. The van der Waals surface area contributed by atoms with Crippen LogP contribution in [0.25, 0.3) is 0 Å². The SMILES string of the molecule is CC(C)c1ccccc1.CCc1nccs1. The Kier molecular flexibility index (Phi) is 5.79. The van der Waals surface area contributed by atoms with Crippen LogP contribution < -0.4 is 0 Å². The summed E-state index contributed by atoms with van der Waals surface area (Å²) in [6.07, 6.45) is 2.90. The molecule has 0 unspecified atom stereocenters. The highest BCUT2D eigenvalue weighted by Gasteiger charge is 1.93. The molecule has 2 rings (SSSR count). The van der Waals surface area contributed by atoms with Crippen molar-refractivity contribution in [1.82, 2.24) is 4.98 Å². The van der Waals surface area contributed by atoms with E-state index in [1.165, 1.54) is 10.6 Å². The molecule has 0 radical (unpaired) electrons. The predicted molar refractivity (Wildman–Crippen MR) is 72.0 cm³/mol. The van der Waals surface area contributed by atoms with Gasteiger partial charge < -0.3 is 0 Å². The van der Waals surface area contributed by atoms with Crippen LogP contribution >= 0.6 is 11.3 Å². The van der Waals surface area contributed by atoms with E-state index in [9.17, 15) is 0 Å². The third-order valence-corrected chi connectivity index (χ3v) is 3.18. The molecule has 0 fully saturated rings. The van der Waals surface area contributed by atoms with E-state index in [0.717, 1.165) is 6.42 Å². The number of nitrogens with zero attached hydrogens (tertiary/aromatic N) is 1. The maximum Gasteiger partial charge on any atom is 0.0922 e. The molecule has 86 valence electrons. The molecule has 1 aromatic heterocycles. The van der Waals surface area contributed by atoms with E-state index in [1.54, 1.807) is 11.3 Å². The normalized spacial score (nSPS) is 9.75. The van der Waals surface area contributed by atoms with Crippen molar-refractivity contribution in [2.24, 2.45) is 0 Å². The zero-order valence-electron chi connectivity index (χ0n) is 10.2. The smallest absolute Gasteiger partial charge is 0.0922 e. The second-order valence-corrected chi connectivity index (χ2v) is 4.82. The molecule has 2 heteroatoms. The lowest BCUT2D eigenvalue weighted by Crippen LogP contribution is -1.83. The van der Waals surface area contributed by atoms with E-state index < -0.39 is 0 Å². The summed E-state index contributed by atoms with van der Waals surface area (Å²) >= 11 is 1.71. The first-order chi connectivity index (χ1) is 7.74. The Hall–Kier alpha value is -1.15. The van der Waals surface area contributed by atoms with E-state index in [4.69, 9.17) is 0 Å². The van der Waals surface area contributed by atoms with Crippen molar-refractivity contribution in [3.05, 3.63) is 52.5 Å². The van der Waals surface area contributed by atoms with E-state index in [0.29, 0.717) is 5.92 Å². The van der Waals surface area contributed by atoms with Crippen molar-refractivity contribution in [1.29, 1.82) is 0 Å². The van der Waals surface area contributed by atoms with Gasteiger partial charge in [0.15, 0.2) is 0 Å². The summed E-state index contributed by atoms with van der Waals surface area (Å²) in [6, 6.07) is 10.5. The van der Waals surface area contributed by atoms with Gasteiger partial charge in [0.05, 0.1) is 5.01 Å². The minimum Gasteiger partial charge on any atom is -0.250 e. The minimum absolute atomic E-state index is 0.659. The average Bonchev–Trinajstić information content (AvgIpc) is 2.84. The van der Waals surface area contributed by atoms with Gasteiger partial charge in [0.25, 0.3) is 0 Å². The molecular formula is C14H19NS. The molecule has 16 heavy (non-hydrogen) atoms. The van der Waals surface area contributed by atoms with Crippen molar-refractivity contribution < 1.29 is 0 Å². The number of rotatable bonds is 2. The fourth-order valence-corrected chi connectivity index (χ4v) is 1.83. The third-order valence-electron chi connectivity index (χ3n) is 2.25. The molecule has 0 bridgehead atoms. The van der Waals surface area contributed by atoms with Gasteiger partial charge in [0.1, 0.15) is 0 Å². The van der Waals surface area contributed by atoms with Crippen LogP contribution in [0.5, 0.6) is 0 Å². The molecule has 0 saturated heterocycles. The molecule has 2 aromatic rings. The molecule has 0 N–H and O–H groups in total. The van der Waals surface area contributed by atoms with E-state index in [2.05, 4.69) is 50.0 Å². The predicted octanol–water partition coefficient (Wildman–Crippen LogP) is 4.52. The Morgan fingerprint density at radius 2 is 1.88 bits per heavy atom. The van der Waals surface area contributed by atoms with Crippen LogP contribution in [0.4, 0.5) is 0 Å².